The molecule has 0 aromatic heterocycles. The van der Waals surface area contributed by atoms with Gasteiger partial charge in [0.25, 0.3) is 0 Å². The molecule has 0 unspecified atom stereocenters. The summed E-state index contributed by atoms with van der Waals surface area (Å²) in [6.45, 7) is 4.27. The summed E-state index contributed by atoms with van der Waals surface area (Å²) >= 11 is 0. The van der Waals surface area contributed by atoms with E-state index in [9.17, 15) is 10.2 Å². The van der Waals surface area contributed by atoms with Gasteiger partial charge in [-0.15, -0.1) is 0 Å². The van der Waals surface area contributed by atoms with Gasteiger partial charge >= 0.3 is 0 Å². The quantitative estimate of drug-likeness (QED) is 0.732. The molecule has 2 N–H and O–H groups in total. The Hall–Kier alpha value is -0.0800. The van der Waals surface area contributed by atoms with Crippen LogP contribution in [-0.4, -0.2) is 22.4 Å². The highest BCUT2D eigenvalue weighted by Gasteiger charge is 2.47. The van der Waals surface area contributed by atoms with Gasteiger partial charge in [-0.3, -0.25) is 0 Å². The van der Waals surface area contributed by atoms with Crippen LogP contribution in [-0.2, 0) is 0 Å². The second-order valence-electron chi connectivity index (χ2n) is 4.74. The van der Waals surface area contributed by atoms with Crippen LogP contribution in [0.1, 0.15) is 58.8 Å². The SMILES string of the molecule is CCC(CC)(CO)C1(O)CCCCC1. The largest absolute Gasteiger partial charge is 0.396 e. The maximum absolute atomic E-state index is 10.6. The molecule has 0 aromatic rings. The summed E-state index contributed by atoms with van der Waals surface area (Å²) in [6, 6.07) is 0. The van der Waals surface area contributed by atoms with Crippen molar-refractivity contribution < 1.29 is 10.2 Å². The van der Waals surface area contributed by atoms with Crippen molar-refractivity contribution in [3.63, 3.8) is 0 Å². The lowest BCUT2D eigenvalue weighted by molar-refractivity contribution is -0.134. The van der Waals surface area contributed by atoms with Gasteiger partial charge in [-0.25, -0.2) is 0 Å². The average Bonchev–Trinajstić information content (AvgIpc) is 2.22. The lowest BCUT2D eigenvalue weighted by Crippen LogP contribution is -2.51. The Bertz CT molecular complexity index is 159. The van der Waals surface area contributed by atoms with Gasteiger partial charge in [0, 0.05) is 5.41 Å². The van der Waals surface area contributed by atoms with E-state index in [0.717, 1.165) is 38.5 Å². The molecule has 0 bridgehead atoms. The molecule has 14 heavy (non-hydrogen) atoms. The van der Waals surface area contributed by atoms with Gasteiger partial charge in [0.1, 0.15) is 0 Å². The molecule has 1 rings (SSSR count). The molecule has 84 valence electrons. The third kappa shape index (κ3) is 1.82. The minimum absolute atomic E-state index is 0.122. The number of aliphatic hydroxyl groups excluding tert-OH is 1. The molecule has 0 amide bonds. The van der Waals surface area contributed by atoms with Gasteiger partial charge in [-0.1, -0.05) is 33.1 Å². The van der Waals surface area contributed by atoms with Crippen LogP contribution in [0.25, 0.3) is 0 Å². The Kier molecular flexibility index (Phi) is 3.96. The maximum atomic E-state index is 10.6. The molecule has 0 atom stereocenters. The summed E-state index contributed by atoms with van der Waals surface area (Å²) in [6.07, 6.45) is 6.94. The van der Waals surface area contributed by atoms with Crippen LogP contribution in [0.2, 0.25) is 0 Å². The topological polar surface area (TPSA) is 40.5 Å². The first-order valence-electron chi connectivity index (χ1n) is 5.97. The summed E-state index contributed by atoms with van der Waals surface area (Å²) in [5.41, 5.74) is -0.864. The molecule has 0 saturated heterocycles. The van der Waals surface area contributed by atoms with Crippen molar-refractivity contribution in [1.29, 1.82) is 0 Å². The zero-order valence-corrected chi connectivity index (χ0v) is 9.55. The van der Waals surface area contributed by atoms with Crippen molar-refractivity contribution in [2.45, 2.75) is 64.4 Å². The monoisotopic (exact) mass is 200 g/mol. The van der Waals surface area contributed by atoms with E-state index in [1.54, 1.807) is 0 Å². The number of hydrogen-bond donors (Lipinski definition) is 2. The first-order valence-corrected chi connectivity index (χ1v) is 5.97. The van der Waals surface area contributed by atoms with Crippen LogP contribution >= 0.6 is 0 Å². The highest BCUT2D eigenvalue weighted by molar-refractivity contribution is 4.98. The Balaban J connectivity index is 2.83. The normalized spacial score (nSPS) is 22.3. The fourth-order valence-electron chi connectivity index (χ4n) is 2.95. The summed E-state index contributed by atoms with van der Waals surface area (Å²) in [5, 5.41) is 20.2. The van der Waals surface area contributed by atoms with E-state index in [2.05, 4.69) is 13.8 Å². The van der Waals surface area contributed by atoms with E-state index in [1.165, 1.54) is 6.42 Å². The zero-order valence-electron chi connectivity index (χ0n) is 9.55. The molecule has 1 saturated carbocycles. The summed E-state index contributed by atoms with van der Waals surface area (Å²) in [4.78, 5) is 0. The van der Waals surface area contributed by atoms with E-state index in [-0.39, 0.29) is 12.0 Å². The van der Waals surface area contributed by atoms with Gasteiger partial charge in [-0.05, 0) is 25.7 Å². The number of aliphatic hydroxyl groups is 2. The molecular formula is C12H24O2. The minimum Gasteiger partial charge on any atom is -0.396 e. The molecule has 1 aliphatic carbocycles. The molecule has 0 heterocycles. The van der Waals surface area contributed by atoms with E-state index < -0.39 is 5.60 Å². The Morgan fingerprint density at radius 1 is 1.07 bits per heavy atom. The minimum atomic E-state index is -0.608. The summed E-state index contributed by atoms with van der Waals surface area (Å²) < 4.78 is 0. The van der Waals surface area contributed by atoms with Crippen molar-refractivity contribution in [1.82, 2.24) is 0 Å². The van der Waals surface area contributed by atoms with Crippen LogP contribution in [0, 0.1) is 5.41 Å². The van der Waals surface area contributed by atoms with Crippen LogP contribution in [0.3, 0.4) is 0 Å². The van der Waals surface area contributed by atoms with Crippen molar-refractivity contribution in [3.05, 3.63) is 0 Å². The second kappa shape index (κ2) is 4.63. The molecule has 0 aliphatic heterocycles. The van der Waals surface area contributed by atoms with Gasteiger partial charge < -0.3 is 10.2 Å². The summed E-state index contributed by atoms with van der Waals surface area (Å²) in [5.74, 6) is 0. The van der Waals surface area contributed by atoms with E-state index in [4.69, 9.17) is 0 Å². The van der Waals surface area contributed by atoms with Gasteiger partial charge in [0.05, 0.1) is 12.2 Å². The standard InChI is InChI=1S/C12H24O2/c1-3-11(4-2,10-13)12(14)8-6-5-7-9-12/h13-14H,3-10H2,1-2H3. The first-order chi connectivity index (χ1) is 6.64. The smallest absolute Gasteiger partial charge is 0.0725 e. The fraction of sp³-hybridized carbons (Fsp3) is 1.00. The van der Waals surface area contributed by atoms with Crippen LogP contribution in [0.4, 0.5) is 0 Å². The Morgan fingerprint density at radius 3 is 1.93 bits per heavy atom. The highest BCUT2D eigenvalue weighted by Crippen LogP contribution is 2.46. The Labute approximate surface area is 87.3 Å². The van der Waals surface area contributed by atoms with Crippen LogP contribution in [0.5, 0.6) is 0 Å². The fourth-order valence-corrected chi connectivity index (χ4v) is 2.95. The average molecular weight is 200 g/mol. The van der Waals surface area contributed by atoms with Crippen LogP contribution < -0.4 is 0 Å². The zero-order chi connectivity index (χ0) is 10.7. The van der Waals surface area contributed by atoms with Crippen molar-refractivity contribution >= 4 is 0 Å². The third-order valence-corrected chi connectivity index (χ3v) is 4.32. The lowest BCUT2D eigenvalue weighted by atomic mass is 9.62. The van der Waals surface area contributed by atoms with Gasteiger partial charge in [0.2, 0.25) is 0 Å². The number of hydrogen-bond acceptors (Lipinski definition) is 2. The molecule has 2 heteroatoms. The first kappa shape index (κ1) is 12.0. The second-order valence-corrected chi connectivity index (χ2v) is 4.74. The lowest BCUT2D eigenvalue weighted by Gasteiger charge is -2.48. The van der Waals surface area contributed by atoms with Crippen LogP contribution in [0.15, 0.2) is 0 Å². The highest BCUT2D eigenvalue weighted by atomic mass is 16.3. The number of rotatable bonds is 4. The molecule has 1 aliphatic rings. The molecule has 0 spiro atoms. The molecule has 0 aromatic carbocycles. The molecular weight excluding hydrogens is 176 g/mol. The Morgan fingerprint density at radius 2 is 1.57 bits per heavy atom. The van der Waals surface area contributed by atoms with Crippen molar-refractivity contribution in [3.8, 4) is 0 Å². The molecule has 2 nitrogen and oxygen atoms in total. The van der Waals surface area contributed by atoms with Crippen molar-refractivity contribution in [2.75, 3.05) is 6.61 Å². The molecule has 1 fully saturated rings. The maximum Gasteiger partial charge on any atom is 0.0725 e. The van der Waals surface area contributed by atoms with E-state index in [1.807, 2.05) is 0 Å². The van der Waals surface area contributed by atoms with Gasteiger partial charge in [-0.2, -0.15) is 0 Å². The predicted molar refractivity (Wildman–Crippen MR) is 58.1 cm³/mol. The van der Waals surface area contributed by atoms with E-state index in [0.29, 0.717) is 0 Å². The third-order valence-electron chi connectivity index (χ3n) is 4.32. The van der Waals surface area contributed by atoms with Gasteiger partial charge in [0.15, 0.2) is 0 Å². The van der Waals surface area contributed by atoms with Crippen molar-refractivity contribution in [2.24, 2.45) is 5.41 Å². The van der Waals surface area contributed by atoms with E-state index >= 15 is 0 Å². The molecule has 0 radical (unpaired) electrons. The predicted octanol–water partition coefficient (Wildman–Crippen LogP) is 2.48. The summed E-state index contributed by atoms with van der Waals surface area (Å²) in [7, 11) is 0.